The lowest BCUT2D eigenvalue weighted by Crippen LogP contribution is -2.36. The van der Waals surface area contributed by atoms with Crippen LogP contribution in [0.2, 0.25) is 0 Å². The second kappa shape index (κ2) is 7.84. The van der Waals surface area contributed by atoms with E-state index in [2.05, 4.69) is 0 Å². The minimum Gasteiger partial charge on any atom is -0.389 e. The first-order chi connectivity index (χ1) is 9.78. The van der Waals surface area contributed by atoms with Crippen LogP contribution in [-0.2, 0) is 14.8 Å². The van der Waals surface area contributed by atoms with Crippen LogP contribution in [-0.4, -0.2) is 44.5 Å². The summed E-state index contributed by atoms with van der Waals surface area (Å²) in [5, 5.41) is 0. The van der Waals surface area contributed by atoms with Crippen molar-refractivity contribution in [3.63, 3.8) is 0 Å². The largest absolute Gasteiger partial charge is 0.389 e. The van der Waals surface area contributed by atoms with E-state index in [0.717, 1.165) is 0 Å². The average Bonchev–Trinajstić information content (AvgIpc) is 2.43. The molecule has 0 amide bonds. The Kier molecular flexibility index (Phi) is 6.73. The van der Waals surface area contributed by atoms with E-state index in [1.54, 1.807) is 19.2 Å². The van der Waals surface area contributed by atoms with Gasteiger partial charge in [0.1, 0.15) is 4.99 Å². The summed E-state index contributed by atoms with van der Waals surface area (Å²) in [5.74, 6) is 0.229. The van der Waals surface area contributed by atoms with Gasteiger partial charge in [-0.2, -0.15) is 4.31 Å². The number of hydrogen-bond acceptors (Lipinski definition) is 4. The molecule has 0 bridgehead atoms. The third kappa shape index (κ3) is 5.03. The molecule has 118 valence electrons. The summed E-state index contributed by atoms with van der Waals surface area (Å²) in [4.78, 5) is 0.483. The Morgan fingerprint density at radius 2 is 1.90 bits per heavy atom. The fourth-order valence-electron chi connectivity index (χ4n) is 1.85. The molecule has 0 spiro atoms. The van der Waals surface area contributed by atoms with Gasteiger partial charge in [-0.15, -0.1) is 0 Å². The molecule has 0 unspecified atom stereocenters. The van der Waals surface area contributed by atoms with Gasteiger partial charge in [0.05, 0.1) is 11.5 Å². The molecule has 1 aromatic carbocycles. The van der Waals surface area contributed by atoms with Crippen molar-refractivity contribution in [1.82, 2.24) is 4.31 Å². The molecule has 1 rings (SSSR count). The highest BCUT2D eigenvalue weighted by Gasteiger charge is 2.24. The number of nitrogens with two attached hydrogens (primary N) is 1. The number of benzene rings is 1. The summed E-state index contributed by atoms with van der Waals surface area (Å²) < 4.78 is 31.8. The Morgan fingerprint density at radius 1 is 1.33 bits per heavy atom. The Labute approximate surface area is 132 Å². The Hall–Kier alpha value is -1.02. The van der Waals surface area contributed by atoms with Crippen molar-refractivity contribution in [3.8, 4) is 0 Å². The predicted molar refractivity (Wildman–Crippen MR) is 87.8 cm³/mol. The number of nitrogens with zero attached hydrogens (tertiary/aromatic N) is 1. The summed E-state index contributed by atoms with van der Waals surface area (Å²) in [5.41, 5.74) is 6.17. The van der Waals surface area contributed by atoms with Gasteiger partial charge in [-0.25, -0.2) is 8.42 Å². The minimum atomic E-state index is -3.54. The molecule has 0 saturated heterocycles. The average molecular weight is 330 g/mol. The van der Waals surface area contributed by atoms with Crippen molar-refractivity contribution in [2.24, 2.45) is 11.7 Å². The second-order valence-corrected chi connectivity index (χ2v) is 7.52. The molecule has 0 aliphatic heterocycles. The number of rotatable bonds is 8. The van der Waals surface area contributed by atoms with Crippen molar-refractivity contribution in [3.05, 3.63) is 29.8 Å². The van der Waals surface area contributed by atoms with Gasteiger partial charge in [0.25, 0.3) is 0 Å². The van der Waals surface area contributed by atoms with Crippen LogP contribution < -0.4 is 5.73 Å². The standard InChI is InChI=1S/C14H22N2O3S2/c1-11(2)10-16(8-9-19-3)21(17,18)13-6-4-12(5-7-13)14(15)20/h4-7,11H,8-10H2,1-3H3,(H2,15,20). The first kappa shape index (κ1) is 18.0. The van der Waals surface area contributed by atoms with Crippen molar-refractivity contribution >= 4 is 27.2 Å². The van der Waals surface area contributed by atoms with Crippen molar-refractivity contribution < 1.29 is 13.2 Å². The molecule has 5 nitrogen and oxygen atoms in total. The van der Waals surface area contributed by atoms with Gasteiger partial charge in [-0.3, -0.25) is 0 Å². The van der Waals surface area contributed by atoms with Crippen LogP contribution in [0.3, 0.4) is 0 Å². The minimum absolute atomic E-state index is 0.229. The first-order valence-electron chi connectivity index (χ1n) is 6.68. The maximum absolute atomic E-state index is 12.7. The lowest BCUT2D eigenvalue weighted by atomic mass is 10.2. The third-order valence-corrected chi connectivity index (χ3v) is 5.01. The van der Waals surface area contributed by atoms with Crippen molar-refractivity contribution in [1.29, 1.82) is 0 Å². The van der Waals surface area contributed by atoms with E-state index in [1.807, 2.05) is 13.8 Å². The molecule has 0 heterocycles. The maximum atomic E-state index is 12.7. The highest BCUT2D eigenvalue weighted by atomic mass is 32.2. The van der Waals surface area contributed by atoms with Gasteiger partial charge in [0.2, 0.25) is 10.0 Å². The Morgan fingerprint density at radius 3 is 2.33 bits per heavy atom. The van der Waals surface area contributed by atoms with E-state index < -0.39 is 10.0 Å². The van der Waals surface area contributed by atoms with Crippen LogP contribution in [0.25, 0.3) is 0 Å². The van der Waals surface area contributed by atoms with Crippen LogP contribution in [0.15, 0.2) is 29.2 Å². The maximum Gasteiger partial charge on any atom is 0.243 e. The van der Waals surface area contributed by atoms with E-state index in [-0.39, 0.29) is 15.8 Å². The molecule has 0 radical (unpaired) electrons. The first-order valence-corrected chi connectivity index (χ1v) is 8.52. The fraction of sp³-hybridized carbons (Fsp3) is 0.500. The molecule has 21 heavy (non-hydrogen) atoms. The summed E-state index contributed by atoms with van der Waals surface area (Å²) >= 11 is 4.87. The topological polar surface area (TPSA) is 72.6 Å². The third-order valence-electron chi connectivity index (χ3n) is 2.89. The predicted octanol–water partition coefficient (Wildman–Crippen LogP) is 1.61. The zero-order valence-corrected chi connectivity index (χ0v) is 14.2. The zero-order valence-electron chi connectivity index (χ0n) is 12.6. The monoisotopic (exact) mass is 330 g/mol. The number of ether oxygens (including phenoxy) is 1. The second-order valence-electron chi connectivity index (χ2n) is 5.14. The molecule has 0 aliphatic carbocycles. The number of methoxy groups -OCH3 is 1. The highest BCUT2D eigenvalue weighted by molar-refractivity contribution is 7.89. The number of hydrogen-bond donors (Lipinski definition) is 1. The quantitative estimate of drug-likeness (QED) is 0.733. The SMILES string of the molecule is COCCN(CC(C)C)S(=O)(=O)c1ccc(C(N)=S)cc1. The molecule has 1 aromatic rings. The molecular weight excluding hydrogens is 308 g/mol. The summed E-state index contributed by atoms with van der Waals surface area (Å²) in [6.45, 7) is 5.09. The molecule has 0 fully saturated rings. The van der Waals surface area contributed by atoms with Gasteiger partial charge >= 0.3 is 0 Å². The van der Waals surface area contributed by atoms with Crippen LogP contribution in [0, 0.1) is 5.92 Å². The molecule has 2 N–H and O–H groups in total. The van der Waals surface area contributed by atoms with Crippen LogP contribution >= 0.6 is 12.2 Å². The van der Waals surface area contributed by atoms with Crippen molar-refractivity contribution in [2.45, 2.75) is 18.7 Å². The van der Waals surface area contributed by atoms with Gasteiger partial charge < -0.3 is 10.5 Å². The summed E-state index contributed by atoms with van der Waals surface area (Å²) in [6, 6.07) is 6.31. The highest BCUT2D eigenvalue weighted by Crippen LogP contribution is 2.18. The molecule has 7 heteroatoms. The summed E-state index contributed by atoms with van der Waals surface area (Å²) in [6.07, 6.45) is 0. The summed E-state index contributed by atoms with van der Waals surface area (Å²) in [7, 11) is -1.99. The Balaban J connectivity index is 3.06. The molecule has 0 saturated carbocycles. The van der Waals surface area contributed by atoms with Crippen molar-refractivity contribution in [2.75, 3.05) is 26.8 Å². The molecule has 0 aliphatic rings. The van der Waals surface area contributed by atoms with E-state index in [9.17, 15) is 8.42 Å². The number of thiocarbonyl (C=S) groups is 1. The van der Waals surface area contributed by atoms with Gasteiger partial charge in [0.15, 0.2) is 0 Å². The van der Waals surface area contributed by atoms with E-state index >= 15 is 0 Å². The Bertz CT molecular complexity index is 568. The van der Waals surface area contributed by atoms with Gasteiger partial charge in [-0.05, 0) is 18.1 Å². The lowest BCUT2D eigenvalue weighted by Gasteiger charge is -2.23. The molecule has 0 atom stereocenters. The fourth-order valence-corrected chi connectivity index (χ4v) is 3.57. The lowest BCUT2D eigenvalue weighted by molar-refractivity contribution is 0.175. The zero-order chi connectivity index (χ0) is 16.0. The van der Waals surface area contributed by atoms with Gasteiger partial charge in [0, 0.05) is 25.8 Å². The van der Waals surface area contributed by atoms with E-state index in [4.69, 9.17) is 22.7 Å². The molecule has 0 aromatic heterocycles. The van der Waals surface area contributed by atoms with E-state index in [1.165, 1.54) is 16.4 Å². The van der Waals surface area contributed by atoms with Crippen LogP contribution in [0.4, 0.5) is 0 Å². The number of sulfonamides is 1. The van der Waals surface area contributed by atoms with E-state index in [0.29, 0.717) is 25.3 Å². The van der Waals surface area contributed by atoms with Crippen LogP contribution in [0.5, 0.6) is 0 Å². The molecular formula is C14H22N2O3S2. The normalized spacial score (nSPS) is 12.0. The van der Waals surface area contributed by atoms with Crippen LogP contribution in [0.1, 0.15) is 19.4 Å². The van der Waals surface area contributed by atoms with Gasteiger partial charge in [-0.1, -0.05) is 38.2 Å². The smallest absolute Gasteiger partial charge is 0.243 e.